The Morgan fingerprint density at radius 1 is 0.943 bits per heavy atom. The molecule has 2 fully saturated rings. The van der Waals surface area contributed by atoms with Gasteiger partial charge in [0.2, 0.25) is 0 Å². The zero-order valence-electron chi connectivity index (χ0n) is 19.9. The largest absolute Gasteiger partial charge is 0.368 e. The molecule has 0 atom stereocenters. The summed E-state index contributed by atoms with van der Waals surface area (Å²) in [4.78, 5) is 14.3. The van der Waals surface area contributed by atoms with Crippen molar-refractivity contribution in [3.8, 4) is 17.3 Å². The monoisotopic (exact) mass is 463 g/mol. The lowest BCUT2D eigenvalue weighted by Gasteiger charge is -2.37. The topological polar surface area (TPSA) is 73.0 Å². The van der Waals surface area contributed by atoms with Crippen molar-refractivity contribution in [2.45, 2.75) is 24.9 Å². The number of nitrogens with zero attached hydrogens (tertiary/aromatic N) is 6. The van der Waals surface area contributed by atoms with Crippen molar-refractivity contribution in [1.82, 2.24) is 19.9 Å². The van der Waals surface area contributed by atoms with Gasteiger partial charge in [-0.25, -0.2) is 4.98 Å². The van der Waals surface area contributed by atoms with Crippen molar-refractivity contribution < 1.29 is 0 Å². The summed E-state index contributed by atoms with van der Waals surface area (Å²) < 4.78 is 2.23. The Balaban J connectivity index is 1.17. The van der Waals surface area contributed by atoms with Gasteiger partial charge in [-0.1, -0.05) is 18.2 Å². The Kier molecular flexibility index (Phi) is 5.59. The summed E-state index contributed by atoms with van der Waals surface area (Å²) in [7, 11) is 2.01. The molecule has 4 heterocycles. The number of piperazine rings is 1. The highest BCUT2D eigenvalue weighted by Gasteiger charge is 2.31. The van der Waals surface area contributed by atoms with Gasteiger partial charge in [-0.3, -0.25) is 4.98 Å². The molecule has 7 nitrogen and oxygen atoms in total. The van der Waals surface area contributed by atoms with E-state index in [0.29, 0.717) is 17.6 Å². The molecule has 1 aliphatic carbocycles. The highest BCUT2D eigenvalue weighted by atomic mass is 15.3. The number of fused-ring (bicyclic) bond motifs is 1. The Morgan fingerprint density at radius 2 is 1.71 bits per heavy atom. The van der Waals surface area contributed by atoms with Crippen LogP contribution in [0.15, 0.2) is 67.0 Å². The van der Waals surface area contributed by atoms with Crippen LogP contribution < -0.4 is 15.1 Å². The van der Waals surface area contributed by atoms with Gasteiger partial charge in [0.15, 0.2) is 0 Å². The highest BCUT2D eigenvalue weighted by Crippen LogP contribution is 2.36. The molecule has 1 saturated heterocycles. The first kappa shape index (κ1) is 21.6. The minimum atomic E-state index is 0.408. The molecular weight excluding hydrogens is 434 g/mol. The van der Waals surface area contributed by atoms with E-state index in [4.69, 9.17) is 4.98 Å². The Hall–Kier alpha value is -3.89. The third kappa shape index (κ3) is 4.00. The fraction of sp³-hybridized carbons (Fsp3) is 0.321. The van der Waals surface area contributed by atoms with Crippen LogP contribution in [-0.4, -0.2) is 53.8 Å². The van der Waals surface area contributed by atoms with Crippen LogP contribution >= 0.6 is 0 Å². The minimum absolute atomic E-state index is 0.408. The first-order valence-electron chi connectivity index (χ1n) is 12.3. The number of hydrogen-bond donors (Lipinski definition) is 1. The van der Waals surface area contributed by atoms with Crippen LogP contribution in [0.25, 0.3) is 22.3 Å². The van der Waals surface area contributed by atoms with Crippen LogP contribution in [0.4, 0.5) is 11.5 Å². The van der Waals surface area contributed by atoms with Crippen LogP contribution in [-0.2, 0) is 0 Å². The molecule has 4 aromatic rings. The summed E-state index contributed by atoms with van der Waals surface area (Å²) in [5, 5.41) is 13.9. The summed E-state index contributed by atoms with van der Waals surface area (Å²) in [5.74, 6) is 0.996. The van der Waals surface area contributed by atoms with E-state index in [1.54, 1.807) is 0 Å². The van der Waals surface area contributed by atoms with Crippen LogP contribution in [0.3, 0.4) is 0 Å². The number of anilines is 2. The normalized spacial score (nSPS) is 20.0. The average Bonchev–Trinajstić information content (AvgIpc) is 3.26. The van der Waals surface area contributed by atoms with E-state index in [-0.39, 0.29) is 0 Å². The SMILES string of the molecule is CNC1CC(n2cc(C#N)c3ccc(N4CCN(c5ccc(-c6ccccn6)cc5)CC4)nc32)C1. The average molecular weight is 464 g/mol. The molecule has 0 radical (unpaired) electrons. The van der Waals surface area contributed by atoms with Gasteiger partial charge >= 0.3 is 0 Å². The first-order valence-corrected chi connectivity index (χ1v) is 12.3. The molecule has 6 rings (SSSR count). The molecule has 7 heteroatoms. The Morgan fingerprint density at radius 3 is 2.40 bits per heavy atom. The van der Waals surface area contributed by atoms with Gasteiger partial charge in [-0.15, -0.1) is 0 Å². The van der Waals surface area contributed by atoms with Crippen LogP contribution in [0.5, 0.6) is 0 Å². The first-order chi connectivity index (χ1) is 17.2. The number of benzene rings is 1. The van der Waals surface area contributed by atoms with Gasteiger partial charge in [0, 0.05) is 67.3 Å². The maximum Gasteiger partial charge on any atom is 0.143 e. The summed E-state index contributed by atoms with van der Waals surface area (Å²) >= 11 is 0. The molecule has 1 aliphatic heterocycles. The molecule has 1 saturated carbocycles. The van der Waals surface area contributed by atoms with Crippen molar-refractivity contribution in [1.29, 1.82) is 5.26 Å². The van der Waals surface area contributed by atoms with Gasteiger partial charge in [-0.2, -0.15) is 5.26 Å². The summed E-state index contributed by atoms with van der Waals surface area (Å²) in [6.45, 7) is 3.72. The van der Waals surface area contributed by atoms with E-state index in [2.05, 4.69) is 67.1 Å². The van der Waals surface area contributed by atoms with Crippen LogP contribution in [0.2, 0.25) is 0 Å². The lowest BCUT2D eigenvalue weighted by Crippen LogP contribution is -2.46. The standard InChI is InChI=1S/C28H29N7/c1-30-22-16-24(17-22)35-19-21(18-29)25-9-10-27(32-28(25)35)34-14-12-33(13-15-34)23-7-5-20(6-8-23)26-4-2-3-11-31-26/h2-11,19,22,24,30H,12-17H2,1H3. The fourth-order valence-electron chi connectivity index (χ4n) is 5.28. The van der Waals surface area contributed by atoms with Crippen LogP contribution in [0, 0.1) is 11.3 Å². The van der Waals surface area contributed by atoms with E-state index in [0.717, 1.165) is 67.1 Å². The lowest BCUT2D eigenvalue weighted by atomic mass is 9.87. The molecule has 1 N–H and O–H groups in total. The third-order valence-electron chi connectivity index (χ3n) is 7.50. The molecule has 2 aliphatic rings. The summed E-state index contributed by atoms with van der Waals surface area (Å²) in [5.41, 5.74) is 5.03. The molecule has 0 spiro atoms. The second-order valence-electron chi connectivity index (χ2n) is 9.45. The zero-order chi connectivity index (χ0) is 23.8. The van der Waals surface area contributed by atoms with E-state index < -0.39 is 0 Å². The molecule has 3 aromatic heterocycles. The maximum atomic E-state index is 9.63. The quantitative estimate of drug-likeness (QED) is 0.478. The number of nitrogens with one attached hydrogen (secondary N) is 1. The number of hydrogen-bond acceptors (Lipinski definition) is 6. The molecule has 176 valence electrons. The molecule has 0 amide bonds. The second kappa shape index (κ2) is 9.05. The van der Waals surface area contributed by atoms with Gasteiger partial charge in [-0.05, 0) is 56.3 Å². The molecule has 0 bridgehead atoms. The Bertz CT molecular complexity index is 1360. The van der Waals surface area contributed by atoms with Gasteiger partial charge in [0.1, 0.15) is 17.5 Å². The number of rotatable bonds is 5. The fourth-order valence-corrected chi connectivity index (χ4v) is 5.28. The number of nitriles is 1. The summed E-state index contributed by atoms with van der Waals surface area (Å²) in [6, 6.07) is 22.1. The minimum Gasteiger partial charge on any atom is -0.368 e. The van der Waals surface area contributed by atoms with Gasteiger partial charge in [0.25, 0.3) is 0 Å². The van der Waals surface area contributed by atoms with E-state index in [1.807, 2.05) is 37.6 Å². The van der Waals surface area contributed by atoms with Crippen molar-refractivity contribution in [2.24, 2.45) is 0 Å². The molecular formula is C28H29N7. The number of aromatic nitrogens is 3. The number of pyridine rings is 2. The Labute approximate surface area is 205 Å². The highest BCUT2D eigenvalue weighted by molar-refractivity contribution is 5.85. The van der Waals surface area contributed by atoms with E-state index in [9.17, 15) is 5.26 Å². The predicted octanol–water partition coefficient (Wildman–Crippen LogP) is 4.22. The third-order valence-corrected chi connectivity index (χ3v) is 7.50. The maximum absolute atomic E-state index is 9.63. The predicted molar refractivity (Wildman–Crippen MR) is 140 cm³/mol. The van der Waals surface area contributed by atoms with Gasteiger partial charge in [0.05, 0.1) is 11.3 Å². The van der Waals surface area contributed by atoms with E-state index >= 15 is 0 Å². The summed E-state index contributed by atoms with van der Waals surface area (Å²) in [6.07, 6.45) is 5.98. The van der Waals surface area contributed by atoms with Gasteiger partial charge < -0.3 is 19.7 Å². The van der Waals surface area contributed by atoms with Crippen molar-refractivity contribution in [3.05, 3.63) is 72.6 Å². The second-order valence-corrected chi connectivity index (χ2v) is 9.45. The zero-order valence-corrected chi connectivity index (χ0v) is 19.9. The van der Waals surface area contributed by atoms with Crippen LogP contribution in [0.1, 0.15) is 24.4 Å². The molecule has 35 heavy (non-hydrogen) atoms. The lowest BCUT2D eigenvalue weighted by molar-refractivity contribution is 0.240. The molecule has 1 aromatic carbocycles. The van der Waals surface area contributed by atoms with Crippen molar-refractivity contribution >= 4 is 22.5 Å². The van der Waals surface area contributed by atoms with Crippen molar-refractivity contribution in [2.75, 3.05) is 43.0 Å². The van der Waals surface area contributed by atoms with Crippen molar-refractivity contribution in [3.63, 3.8) is 0 Å². The molecule has 0 unspecified atom stereocenters. The smallest absolute Gasteiger partial charge is 0.143 e. The van der Waals surface area contributed by atoms with E-state index in [1.165, 1.54) is 5.69 Å².